The van der Waals surface area contributed by atoms with Crippen molar-refractivity contribution in [3.63, 3.8) is 0 Å². The minimum atomic E-state index is -0.805. The lowest BCUT2D eigenvalue weighted by Gasteiger charge is -2.19. The summed E-state index contributed by atoms with van der Waals surface area (Å²) in [5.74, 6) is 0. The first-order chi connectivity index (χ1) is 8.81. The summed E-state index contributed by atoms with van der Waals surface area (Å²) < 4.78 is 0. The van der Waals surface area contributed by atoms with Crippen molar-refractivity contribution in [3.8, 4) is 0 Å². The van der Waals surface area contributed by atoms with Crippen LogP contribution in [-0.2, 0) is 6.42 Å². The fraction of sp³-hybridized carbons (Fsp3) is 0.500. The molecule has 0 atom stereocenters. The fourth-order valence-corrected chi connectivity index (χ4v) is 2.00. The number of aliphatic hydroxyl groups is 1. The Balaban J connectivity index is 2.59. The van der Waals surface area contributed by atoms with Crippen molar-refractivity contribution < 1.29 is 5.11 Å². The van der Waals surface area contributed by atoms with Crippen molar-refractivity contribution in [2.45, 2.75) is 39.2 Å². The van der Waals surface area contributed by atoms with E-state index in [4.69, 9.17) is 23.8 Å². The maximum absolute atomic E-state index is 9.61. The van der Waals surface area contributed by atoms with E-state index in [0.29, 0.717) is 16.7 Å². The van der Waals surface area contributed by atoms with Crippen LogP contribution in [0.1, 0.15) is 32.8 Å². The monoisotopic (exact) mass is 300 g/mol. The molecule has 0 aliphatic heterocycles. The molecule has 0 aliphatic rings. The second kappa shape index (κ2) is 7.08. The molecule has 0 amide bonds. The fourth-order valence-electron chi connectivity index (χ4n) is 1.57. The maximum atomic E-state index is 9.61. The highest BCUT2D eigenvalue weighted by Gasteiger charge is 2.12. The van der Waals surface area contributed by atoms with E-state index >= 15 is 0 Å². The Kier molecular flexibility index (Phi) is 6.04. The number of anilines is 1. The lowest BCUT2D eigenvalue weighted by atomic mass is 10.1. The molecule has 0 saturated carbocycles. The molecule has 0 fully saturated rings. The van der Waals surface area contributed by atoms with Gasteiger partial charge >= 0.3 is 0 Å². The van der Waals surface area contributed by atoms with Gasteiger partial charge in [-0.2, -0.15) is 0 Å². The van der Waals surface area contributed by atoms with Gasteiger partial charge in [-0.15, -0.1) is 0 Å². The first-order valence-electron chi connectivity index (χ1n) is 6.37. The van der Waals surface area contributed by atoms with Crippen LogP contribution in [0.15, 0.2) is 18.2 Å². The quantitative estimate of drug-likeness (QED) is 0.730. The Labute approximate surface area is 125 Å². The van der Waals surface area contributed by atoms with Gasteiger partial charge in [0, 0.05) is 6.54 Å². The summed E-state index contributed by atoms with van der Waals surface area (Å²) in [5.41, 5.74) is 1.18. The Morgan fingerprint density at radius 1 is 1.42 bits per heavy atom. The number of thiocarbonyl (C=S) groups is 1. The predicted octanol–water partition coefficient (Wildman–Crippen LogP) is 3.35. The van der Waals surface area contributed by atoms with Crippen molar-refractivity contribution in [1.82, 2.24) is 5.32 Å². The molecule has 0 radical (unpaired) electrons. The van der Waals surface area contributed by atoms with Crippen molar-refractivity contribution >= 4 is 34.6 Å². The van der Waals surface area contributed by atoms with Crippen LogP contribution in [0.5, 0.6) is 0 Å². The smallest absolute Gasteiger partial charge is 0.170 e. The Morgan fingerprint density at radius 2 is 2.11 bits per heavy atom. The van der Waals surface area contributed by atoms with Gasteiger partial charge in [-0.05, 0) is 50.2 Å². The van der Waals surface area contributed by atoms with Gasteiger partial charge in [-0.25, -0.2) is 0 Å². The first-order valence-corrected chi connectivity index (χ1v) is 7.16. The van der Waals surface area contributed by atoms with E-state index in [0.717, 1.165) is 18.5 Å². The van der Waals surface area contributed by atoms with Crippen LogP contribution in [0.3, 0.4) is 0 Å². The van der Waals surface area contributed by atoms with Gasteiger partial charge in [-0.1, -0.05) is 31.0 Å². The standard InChI is InChI=1S/C14H21ClN2OS/c1-4-5-10-6-7-12(11(15)8-10)17-13(19)16-9-14(2,3)18/h6-8,18H,4-5,9H2,1-3H3,(H2,16,17,19). The highest BCUT2D eigenvalue weighted by molar-refractivity contribution is 7.80. The minimum Gasteiger partial charge on any atom is -0.389 e. The Bertz CT molecular complexity index is 444. The molecule has 3 nitrogen and oxygen atoms in total. The zero-order chi connectivity index (χ0) is 14.5. The van der Waals surface area contributed by atoms with Crippen LogP contribution in [0.2, 0.25) is 5.02 Å². The number of hydrogen-bond donors (Lipinski definition) is 3. The van der Waals surface area contributed by atoms with Crippen LogP contribution in [0.4, 0.5) is 5.69 Å². The second-order valence-corrected chi connectivity index (χ2v) is 6.00. The molecule has 0 aromatic heterocycles. The summed E-state index contributed by atoms with van der Waals surface area (Å²) >= 11 is 11.4. The largest absolute Gasteiger partial charge is 0.389 e. The molecule has 0 bridgehead atoms. The van der Waals surface area contributed by atoms with Crippen LogP contribution in [0.25, 0.3) is 0 Å². The van der Waals surface area contributed by atoms with E-state index in [-0.39, 0.29) is 0 Å². The third kappa shape index (κ3) is 6.23. The summed E-state index contributed by atoms with van der Waals surface area (Å²) in [6.07, 6.45) is 2.11. The maximum Gasteiger partial charge on any atom is 0.170 e. The molecule has 0 heterocycles. The molecule has 1 aromatic rings. The van der Waals surface area contributed by atoms with Crippen molar-refractivity contribution in [3.05, 3.63) is 28.8 Å². The van der Waals surface area contributed by atoms with E-state index in [1.165, 1.54) is 5.56 Å². The molecular weight excluding hydrogens is 280 g/mol. The summed E-state index contributed by atoms with van der Waals surface area (Å²) in [4.78, 5) is 0. The Morgan fingerprint density at radius 3 is 2.63 bits per heavy atom. The average molecular weight is 301 g/mol. The zero-order valence-corrected chi connectivity index (χ0v) is 13.2. The molecule has 0 aliphatic carbocycles. The molecule has 0 saturated heterocycles. The van der Waals surface area contributed by atoms with Crippen LogP contribution in [0, 0.1) is 0 Å². The van der Waals surface area contributed by atoms with Gasteiger partial charge in [0.05, 0.1) is 16.3 Å². The average Bonchev–Trinajstić information content (AvgIpc) is 2.30. The van der Waals surface area contributed by atoms with Gasteiger partial charge in [0.15, 0.2) is 5.11 Å². The second-order valence-electron chi connectivity index (χ2n) is 5.18. The third-order valence-corrected chi connectivity index (χ3v) is 3.06. The molecule has 19 heavy (non-hydrogen) atoms. The summed E-state index contributed by atoms with van der Waals surface area (Å²) in [5, 5.41) is 16.7. The van der Waals surface area contributed by atoms with E-state index in [1.54, 1.807) is 13.8 Å². The number of nitrogens with one attached hydrogen (secondary N) is 2. The molecule has 1 rings (SSSR count). The van der Waals surface area contributed by atoms with Gasteiger partial charge in [-0.3, -0.25) is 0 Å². The summed E-state index contributed by atoms with van der Waals surface area (Å²) in [6.45, 7) is 5.95. The Hall–Kier alpha value is -0.840. The molecule has 106 valence electrons. The lowest BCUT2D eigenvalue weighted by Crippen LogP contribution is -2.40. The highest BCUT2D eigenvalue weighted by atomic mass is 35.5. The van der Waals surface area contributed by atoms with E-state index in [9.17, 15) is 5.11 Å². The van der Waals surface area contributed by atoms with Crippen LogP contribution >= 0.6 is 23.8 Å². The summed E-state index contributed by atoms with van der Waals surface area (Å²) in [7, 11) is 0. The minimum absolute atomic E-state index is 0.379. The number of rotatable bonds is 5. The molecular formula is C14H21ClN2OS. The van der Waals surface area contributed by atoms with E-state index < -0.39 is 5.60 Å². The number of hydrogen-bond acceptors (Lipinski definition) is 2. The third-order valence-electron chi connectivity index (χ3n) is 2.50. The highest BCUT2D eigenvalue weighted by Crippen LogP contribution is 2.23. The van der Waals surface area contributed by atoms with Gasteiger partial charge in [0.1, 0.15) is 0 Å². The van der Waals surface area contributed by atoms with Crippen molar-refractivity contribution in [2.75, 3.05) is 11.9 Å². The topological polar surface area (TPSA) is 44.3 Å². The van der Waals surface area contributed by atoms with Crippen LogP contribution < -0.4 is 10.6 Å². The molecule has 0 unspecified atom stereocenters. The van der Waals surface area contributed by atoms with Crippen molar-refractivity contribution in [1.29, 1.82) is 0 Å². The molecule has 5 heteroatoms. The lowest BCUT2D eigenvalue weighted by molar-refractivity contribution is 0.0851. The molecule has 3 N–H and O–H groups in total. The summed E-state index contributed by atoms with van der Waals surface area (Å²) in [6, 6.07) is 5.91. The molecule has 0 spiro atoms. The van der Waals surface area contributed by atoms with Crippen LogP contribution in [-0.4, -0.2) is 22.4 Å². The normalized spacial score (nSPS) is 11.2. The SMILES string of the molecule is CCCc1ccc(NC(=S)NCC(C)(C)O)c(Cl)c1. The predicted molar refractivity (Wildman–Crippen MR) is 86.0 cm³/mol. The van der Waals surface area contributed by atoms with Gasteiger partial charge in [0.25, 0.3) is 0 Å². The van der Waals surface area contributed by atoms with E-state index in [1.807, 2.05) is 18.2 Å². The van der Waals surface area contributed by atoms with E-state index in [2.05, 4.69) is 17.6 Å². The van der Waals surface area contributed by atoms with Gasteiger partial charge in [0.2, 0.25) is 0 Å². The van der Waals surface area contributed by atoms with Crippen molar-refractivity contribution in [2.24, 2.45) is 0 Å². The molecule has 1 aromatic carbocycles. The number of benzene rings is 1. The number of halogens is 1. The number of aryl methyl sites for hydroxylation is 1. The van der Waals surface area contributed by atoms with Gasteiger partial charge < -0.3 is 15.7 Å². The zero-order valence-electron chi connectivity index (χ0n) is 11.6. The first kappa shape index (κ1) is 16.2.